The van der Waals surface area contributed by atoms with Crippen LogP contribution in [0.25, 0.3) is 22.6 Å². The second-order valence-corrected chi connectivity index (χ2v) is 7.82. The van der Waals surface area contributed by atoms with Crippen molar-refractivity contribution in [2.75, 3.05) is 11.9 Å². The summed E-state index contributed by atoms with van der Waals surface area (Å²) >= 11 is 0. The molecule has 5 rings (SSSR count). The molecule has 3 aromatic heterocycles. The number of nitrogens with zero attached hydrogens (tertiary/aromatic N) is 5. The second kappa shape index (κ2) is 8.78. The number of hydrogen-bond acceptors (Lipinski definition) is 6. The highest BCUT2D eigenvalue weighted by atomic mass is 19.1. The summed E-state index contributed by atoms with van der Waals surface area (Å²) in [5, 5.41) is 2.80. The van der Waals surface area contributed by atoms with E-state index in [4.69, 9.17) is 4.74 Å². The number of halogens is 1. The van der Waals surface area contributed by atoms with Crippen LogP contribution < -0.4 is 10.1 Å². The van der Waals surface area contributed by atoms with Crippen molar-refractivity contribution >= 4 is 11.7 Å². The summed E-state index contributed by atoms with van der Waals surface area (Å²) in [6.07, 6.45) is 9.53. The van der Waals surface area contributed by atoms with Crippen molar-refractivity contribution in [2.24, 2.45) is 0 Å². The lowest BCUT2D eigenvalue weighted by Crippen LogP contribution is -2.17. The number of fused-ring (bicyclic) bond motifs is 5. The second-order valence-electron chi connectivity index (χ2n) is 7.82. The van der Waals surface area contributed by atoms with E-state index in [1.807, 2.05) is 18.3 Å². The molecule has 33 heavy (non-hydrogen) atoms. The predicted molar refractivity (Wildman–Crippen MR) is 120 cm³/mol. The van der Waals surface area contributed by atoms with Gasteiger partial charge in [-0.2, -0.15) is 0 Å². The van der Waals surface area contributed by atoms with Gasteiger partial charge in [0.05, 0.1) is 12.2 Å². The normalized spacial score (nSPS) is 16.1. The van der Waals surface area contributed by atoms with Gasteiger partial charge in [0.1, 0.15) is 29.4 Å². The number of carbonyl (C=O) groups excluding carboxylic acids is 1. The van der Waals surface area contributed by atoms with E-state index in [9.17, 15) is 9.18 Å². The molecule has 166 valence electrons. The number of benzene rings is 1. The molecule has 1 aliphatic heterocycles. The molecule has 8 nitrogen and oxygen atoms in total. The number of nitrogens with one attached hydrogen (secondary N) is 1. The summed E-state index contributed by atoms with van der Waals surface area (Å²) < 4.78 is 22.9. The molecule has 1 atom stereocenters. The Morgan fingerprint density at radius 1 is 1.18 bits per heavy atom. The van der Waals surface area contributed by atoms with Crippen molar-refractivity contribution in [2.45, 2.75) is 25.8 Å². The fraction of sp³-hybridized carbons (Fsp3) is 0.208. The number of rotatable bonds is 1. The molecule has 0 radical (unpaired) electrons. The molecule has 0 unspecified atom stereocenters. The summed E-state index contributed by atoms with van der Waals surface area (Å²) in [5.74, 6) is 0.285. The van der Waals surface area contributed by atoms with Gasteiger partial charge in [-0.15, -0.1) is 0 Å². The van der Waals surface area contributed by atoms with Gasteiger partial charge in [-0.3, -0.25) is 4.79 Å². The van der Waals surface area contributed by atoms with Crippen LogP contribution >= 0.6 is 0 Å². The Hall–Kier alpha value is -4.14. The molecule has 4 aromatic rings. The molecule has 0 fully saturated rings. The molecule has 1 N–H and O–H groups in total. The fourth-order valence-electron chi connectivity index (χ4n) is 3.89. The highest BCUT2D eigenvalue weighted by molar-refractivity contribution is 6.06. The highest BCUT2D eigenvalue weighted by Gasteiger charge is 2.21. The van der Waals surface area contributed by atoms with Gasteiger partial charge in [0.15, 0.2) is 5.82 Å². The number of imidazole rings is 1. The Bertz CT molecular complexity index is 1310. The van der Waals surface area contributed by atoms with Crippen molar-refractivity contribution in [3.63, 3.8) is 0 Å². The molecule has 4 heterocycles. The molecule has 0 saturated carbocycles. The number of amides is 1. The van der Waals surface area contributed by atoms with Crippen LogP contribution in [0.1, 0.15) is 36.2 Å². The van der Waals surface area contributed by atoms with Gasteiger partial charge in [0.2, 0.25) is 0 Å². The maximum atomic E-state index is 14.9. The Kier molecular flexibility index (Phi) is 5.52. The van der Waals surface area contributed by atoms with Crippen LogP contribution in [0, 0.1) is 5.82 Å². The van der Waals surface area contributed by atoms with Gasteiger partial charge < -0.3 is 14.6 Å². The number of carbonyl (C=O) groups is 1. The molecular weight excluding hydrogens is 423 g/mol. The Labute approximate surface area is 189 Å². The van der Waals surface area contributed by atoms with Crippen LogP contribution in [0.2, 0.25) is 0 Å². The third kappa shape index (κ3) is 4.17. The number of pyridine rings is 1. The Balaban J connectivity index is 1.58. The summed E-state index contributed by atoms with van der Waals surface area (Å²) in [6.45, 7) is 2.44. The lowest BCUT2D eigenvalue weighted by atomic mass is 10.0. The van der Waals surface area contributed by atoms with Crippen molar-refractivity contribution in [3.8, 4) is 28.4 Å². The van der Waals surface area contributed by atoms with Gasteiger partial charge in [0.25, 0.3) is 5.91 Å². The lowest BCUT2D eigenvalue weighted by Gasteiger charge is -2.19. The molecule has 0 spiro atoms. The van der Waals surface area contributed by atoms with Crippen LogP contribution in [-0.2, 0) is 0 Å². The highest BCUT2D eigenvalue weighted by Crippen LogP contribution is 2.31. The summed E-state index contributed by atoms with van der Waals surface area (Å²) in [4.78, 5) is 30.2. The fourth-order valence-corrected chi connectivity index (χ4v) is 3.89. The third-order valence-corrected chi connectivity index (χ3v) is 5.57. The average Bonchev–Trinajstić information content (AvgIpc) is 3.32. The minimum absolute atomic E-state index is 0.158. The first-order valence-corrected chi connectivity index (χ1v) is 10.6. The van der Waals surface area contributed by atoms with Crippen LogP contribution in [0.15, 0.2) is 61.4 Å². The van der Waals surface area contributed by atoms with Crippen molar-refractivity contribution < 1.29 is 13.9 Å². The molecule has 1 aromatic carbocycles. The van der Waals surface area contributed by atoms with Crippen LogP contribution in [0.3, 0.4) is 0 Å². The van der Waals surface area contributed by atoms with E-state index in [0.29, 0.717) is 30.1 Å². The molecule has 1 aliphatic rings. The van der Waals surface area contributed by atoms with Crippen LogP contribution in [-0.4, -0.2) is 37.0 Å². The number of aromatic nitrogens is 5. The average molecular weight is 444 g/mol. The lowest BCUT2D eigenvalue weighted by molar-refractivity contribution is 0.102. The molecule has 0 aliphatic carbocycles. The molecule has 2 bridgehead atoms. The van der Waals surface area contributed by atoms with Crippen LogP contribution in [0.5, 0.6) is 5.75 Å². The van der Waals surface area contributed by atoms with E-state index < -0.39 is 11.7 Å². The van der Waals surface area contributed by atoms with Crippen molar-refractivity contribution in [1.29, 1.82) is 0 Å². The van der Waals surface area contributed by atoms with E-state index in [2.05, 4.69) is 36.7 Å². The zero-order valence-corrected chi connectivity index (χ0v) is 17.9. The maximum Gasteiger partial charge on any atom is 0.260 e. The first kappa shape index (κ1) is 20.7. The van der Waals surface area contributed by atoms with Gasteiger partial charge in [0, 0.05) is 48.0 Å². The van der Waals surface area contributed by atoms with Crippen molar-refractivity contribution in [3.05, 3.63) is 72.8 Å². The predicted octanol–water partition coefficient (Wildman–Crippen LogP) is 4.53. The Morgan fingerprint density at radius 2 is 2.03 bits per heavy atom. The van der Waals surface area contributed by atoms with Gasteiger partial charge in [-0.25, -0.2) is 24.3 Å². The molecule has 9 heteroatoms. The van der Waals surface area contributed by atoms with Gasteiger partial charge >= 0.3 is 0 Å². The zero-order valence-electron chi connectivity index (χ0n) is 17.9. The smallest absolute Gasteiger partial charge is 0.260 e. The summed E-state index contributed by atoms with van der Waals surface area (Å²) in [5.41, 5.74) is 1.53. The maximum absolute atomic E-state index is 14.9. The monoisotopic (exact) mass is 444 g/mol. The first-order chi connectivity index (χ1) is 16.1. The number of anilines is 1. The van der Waals surface area contributed by atoms with Gasteiger partial charge in [-0.1, -0.05) is 6.07 Å². The van der Waals surface area contributed by atoms with E-state index in [1.165, 1.54) is 30.9 Å². The SMILES string of the molecule is C[C@H]1CCCOc2cc(F)c(-c3cncnc3)cc2C(=O)Nc2cccc(n2)-c2nccn21. The summed E-state index contributed by atoms with van der Waals surface area (Å²) in [7, 11) is 0. The van der Waals surface area contributed by atoms with E-state index in [1.54, 1.807) is 12.3 Å². The first-order valence-electron chi connectivity index (χ1n) is 10.6. The van der Waals surface area contributed by atoms with E-state index in [-0.39, 0.29) is 22.9 Å². The topological polar surface area (TPSA) is 94.8 Å². The van der Waals surface area contributed by atoms with E-state index >= 15 is 0 Å². The number of hydrogen-bond donors (Lipinski definition) is 1. The quantitative estimate of drug-likeness (QED) is 0.464. The van der Waals surface area contributed by atoms with Crippen LogP contribution in [0.4, 0.5) is 10.2 Å². The molecule has 0 saturated heterocycles. The molecule has 1 amide bonds. The minimum Gasteiger partial charge on any atom is -0.493 e. The largest absolute Gasteiger partial charge is 0.493 e. The van der Waals surface area contributed by atoms with Gasteiger partial charge in [-0.05, 0) is 38.0 Å². The van der Waals surface area contributed by atoms with E-state index in [0.717, 1.165) is 12.2 Å². The standard InChI is InChI=1S/C24H21FN6O2/c1-15-4-3-9-33-21-11-19(25)17(16-12-26-14-27-13-16)10-18(21)24(32)30-22-6-2-5-20(29-22)23-28-7-8-31(15)23/h2,5-8,10-15H,3-4,9H2,1H3,(H,29,30,32)/t15-/m0/s1. The number of ether oxygens (including phenoxy) is 1. The van der Waals surface area contributed by atoms with Crippen molar-refractivity contribution in [1.82, 2.24) is 24.5 Å². The zero-order chi connectivity index (χ0) is 22.8. The summed E-state index contributed by atoms with van der Waals surface area (Å²) in [6, 6.07) is 8.22. The third-order valence-electron chi connectivity index (χ3n) is 5.57. The Morgan fingerprint density at radius 3 is 2.88 bits per heavy atom. The minimum atomic E-state index is -0.519. The molecular formula is C24H21FN6O2.